The van der Waals surface area contributed by atoms with Crippen LogP contribution in [0.15, 0.2) is 48.5 Å². The summed E-state index contributed by atoms with van der Waals surface area (Å²) in [7, 11) is 0. The lowest BCUT2D eigenvalue weighted by molar-refractivity contribution is 1.17. The van der Waals surface area contributed by atoms with Gasteiger partial charge >= 0.3 is 0 Å². The van der Waals surface area contributed by atoms with E-state index in [1.165, 1.54) is 22.3 Å². The summed E-state index contributed by atoms with van der Waals surface area (Å²) in [6.45, 7) is 0. The van der Waals surface area contributed by atoms with Crippen LogP contribution >= 0.6 is 15.9 Å². The molecular weight excluding hydrogens is 260 g/mol. The van der Waals surface area contributed by atoms with Crippen LogP contribution in [0, 0.1) is 0 Å². The standard InChI is InChI=1S/C15H11Br/c16-15-13-7-3-1-5-11(13)9-10-12-6-2-4-8-14(12)15/h1-10,15H. The van der Waals surface area contributed by atoms with Gasteiger partial charge in [0.2, 0.25) is 0 Å². The Bertz CT molecular complexity index is 505. The molecule has 0 unspecified atom stereocenters. The third kappa shape index (κ3) is 1.52. The molecule has 0 heterocycles. The first-order valence-electron chi connectivity index (χ1n) is 5.36. The lowest BCUT2D eigenvalue weighted by Gasteiger charge is -2.13. The van der Waals surface area contributed by atoms with Crippen molar-refractivity contribution in [1.29, 1.82) is 0 Å². The molecular formula is C15H11Br. The maximum Gasteiger partial charge on any atom is 0.0656 e. The first kappa shape index (κ1) is 9.86. The van der Waals surface area contributed by atoms with Crippen molar-refractivity contribution in [3.05, 3.63) is 70.8 Å². The summed E-state index contributed by atoms with van der Waals surface area (Å²) in [5.41, 5.74) is 5.26. The van der Waals surface area contributed by atoms with Crippen LogP contribution in [0.5, 0.6) is 0 Å². The second-order valence-corrected chi connectivity index (χ2v) is 4.87. The minimum atomic E-state index is 0.287. The van der Waals surface area contributed by atoms with Gasteiger partial charge in [-0.25, -0.2) is 0 Å². The summed E-state index contributed by atoms with van der Waals surface area (Å²) in [5.74, 6) is 0. The van der Waals surface area contributed by atoms with E-state index in [-0.39, 0.29) is 4.83 Å². The van der Waals surface area contributed by atoms with Crippen LogP contribution in [-0.2, 0) is 0 Å². The summed E-state index contributed by atoms with van der Waals surface area (Å²) in [4.78, 5) is 0.287. The van der Waals surface area contributed by atoms with Gasteiger partial charge in [0.15, 0.2) is 0 Å². The molecule has 1 aliphatic carbocycles. The summed E-state index contributed by atoms with van der Waals surface area (Å²) >= 11 is 3.80. The zero-order chi connectivity index (χ0) is 11.0. The summed E-state index contributed by atoms with van der Waals surface area (Å²) in [6.07, 6.45) is 4.38. The van der Waals surface area contributed by atoms with Crippen molar-refractivity contribution in [2.75, 3.05) is 0 Å². The van der Waals surface area contributed by atoms with E-state index in [1.54, 1.807) is 0 Å². The predicted octanol–water partition coefficient (Wildman–Crippen LogP) is 4.65. The summed E-state index contributed by atoms with van der Waals surface area (Å²) in [5, 5.41) is 0. The van der Waals surface area contributed by atoms with Crippen molar-refractivity contribution in [2.24, 2.45) is 0 Å². The van der Waals surface area contributed by atoms with E-state index < -0.39 is 0 Å². The van der Waals surface area contributed by atoms with E-state index in [4.69, 9.17) is 0 Å². The third-order valence-corrected chi connectivity index (χ3v) is 3.97. The Balaban J connectivity index is 2.26. The second-order valence-electron chi connectivity index (χ2n) is 3.95. The van der Waals surface area contributed by atoms with Crippen molar-refractivity contribution in [1.82, 2.24) is 0 Å². The van der Waals surface area contributed by atoms with Gasteiger partial charge in [-0.3, -0.25) is 0 Å². The smallest absolute Gasteiger partial charge is 0.0656 e. The molecule has 0 aliphatic heterocycles. The Hall–Kier alpha value is -1.34. The average Bonchev–Trinajstić information content (AvgIpc) is 2.49. The maximum absolute atomic E-state index is 3.80. The molecule has 0 atom stereocenters. The Morgan fingerprint density at radius 1 is 0.688 bits per heavy atom. The fraction of sp³-hybridized carbons (Fsp3) is 0.0667. The Morgan fingerprint density at radius 2 is 1.12 bits per heavy atom. The molecule has 0 aromatic heterocycles. The van der Waals surface area contributed by atoms with Crippen molar-refractivity contribution >= 4 is 28.1 Å². The molecule has 16 heavy (non-hydrogen) atoms. The normalized spacial score (nSPS) is 14.1. The van der Waals surface area contributed by atoms with Crippen molar-refractivity contribution in [3.63, 3.8) is 0 Å². The zero-order valence-electron chi connectivity index (χ0n) is 8.73. The van der Waals surface area contributed by atoms with Gasteiger partial charge in [0.05, 0.1) is 4.83 Å². The minimum Gasteiger partial charge on any atom is -0.0786 e. The highest BCUT2D eigenvalue weighted by molar-refractivity contribution is 9.09. The number of benzene rings is 2. The fourth-order valence-electron chi connectivity index (χ4n) is 2.13. The SMILES string of the molecule is BrC1c2ccccc2C=Cc2ccccc21. The highest BCUT2D eigenvalue weighted by Crippen LogP contribution is 2.38. The van der Waals surface area contributed by atoms with Gasteiger partial charge in [0.25, 0.3) is 0 Å². The molecule has 78 valence electrons. The van der Waals surface area contributed by atoms with Gasteiger partial charge < -0.3 is 0 Å². The van der Waals surface area contributed by atoms with Crippen LogP contribution in [0.2, 0.25) is 0 Å². The number of hydrogen-bond acceptors (Lipinski definition) is 0. The van der Waals surface area contributed by atoms with Gasteiger partial charge in [0, 0.05) is 0 Å². The van der Waals surface area contributed by atoms with E-state index in [2.05, 4.69) is 76.6 Å². The van der Waals surface area contributed by atoms with Crippen LogP contribution in [-0.4, -0.2) is 0 Å². The molecule has 3 rings (SSSR count). The number of alkyl halides is 1. The number of halogens is 1. The van der Waals surface area contributed by atoms with E-state index in [0.717, 1.165) is 0 Å². The number of rotatable bonds is 0. The number of hydrogen-bond donors (Lipinski definition) is 0. The van der Waals surface area contributed by atoms with E-state index in [0.29, 0.717) is 0 Å². The fourth-order valence-corrected chi connectivity index (χ4v) is 2.97. The largest absolute Gasteiger partial charge is 0.0786 e. The van der Waals surface area contributed by atoms with Crippen LogP contribution in [0.1, 0.15) is 27.1 Å². The lowest BCUT2D eigenvalue weighted by atomic mass is 10.00. The second kappa shape index (κ2) is 3.91. The molecule has 0 saturated carbocycles. The average molecular weight is 271 g/mol. The van der Waals surface area contributed by atoms with E-state index >= 15 is 0 Å². The third-order valence-electron chi connectivity index (χ3n) is 2.98. The molecule has 0 amide bonds. The maximum atomic E-state index is 3.80. The van der Waals surface area contributed by atoms with Crippen LogP contribution in [0.25, 0.3) is 12.2 Å². The Kier molecular flexibility index (Phi) is 2.41. The lowest BCUT2D eigenvalue weighted by Crippen LogP contribution is -1.95. The molecule has 0 saturated heterocycles. The number of fused-ring (bicyclic) bond motifs is 2. The van der Waals surface area contributed by atoms with Crippen molar-refractivity contribution in [3.8, 4) is 0 Å². The minimum absolute atomic E-state index is 0.287. The van der Waals surface area contributed by atoms with Gasteiger partial charge in [0.1, 0.15) is 0 Å². The molecule has 2 aromatic carbocycles. The summed E-state index contributed by atoms with van der Waals surface area (Å²) < 4.78 is 0. The van der Waals surface area contributed by atoms with Gasteiger partial charge in [-0.2, -0.15) is 0 Å². The van der Waals surface area contributed by atoms with Crippen molar-refractivity contribution < 1.29 is 0 Å². The monoisotopic (exact) mass is 270 g/mol. The topological polar surface area (TPSA) is 0 Å². The highest BCUT2D eigenvalue weighted by atomic mass is 79.9. The van der Waals surface area contributed by atoms with Crippen molar-refractivity contribution in [2.45, 2.75) is 4.83 Å². The molecule has 1 aliphatic rings. The summed E-state index contributed by atoms with van der Waals surface area (Å²) in [6, 6.07) is 17.0. The molecule has 0 nitrogen and oxygen atoms in total. The predicted molar refractivity (Wildman–Crippen MR) is 72.6 cm³/mol. The first-order valence-corrected chi connectivity index (χ1v) is 6.28. The molecule has 0 N–H and O–H groups in total. The molecule has 0 fully saturated rings. The Labute approximate surface area is 104 Å². The van der Waals surface area contributed by atoms with Crippen LogP contribution < -0.4 is 0 Å². The molecule has 0 spiro atoms. The highest BCUT2D eigenvalue weighted by Gasteiger charge is 2.17. The Morgan fingerprint density at radius 3 is 1.62 bits per heavy atom. The zero-order valence-corrected chi connectivity index (χ0v) is 10.3. The van der Waals surface area contributed by atoms with Crippen LogP contribution in [0.3, 0.4) is 0 Å². The molecule has 2 aromatic rings. The quantitative estimate of drug-likeness (QED) is 0.611. The first-order chi connectivity index (χ1) is 7.86. The van der Waals surface area contributed by atoms with E-state index in [9.17, 15) is 0 Å². The molecule has 1 heteroatoms. The van der Waals surface area contributed by atoms with Gasteiger partial charge in [-0.1, -0.05) is 76.6 Å². The van der Waals surface area contributed by atoms with Gasteiger partial charge in [-0.15, -0.1) is 0 Å². The van der Waals surface area contributed by atoms with Crippen LogP contribution in [0.4, 0.5) is 0 Å². The molecule has 0 bridgehead atoms. The van der Waals surface area contributed by atoms with E-state index in [1.807, 2.05) is 0 Å². The molecule has 0 radical (unpaired) electrons. The van der Waals surface area contributed by atoms with Gasteiger partial charge in [-0.05, 0) is 22.3 Å².